The van der Waals surface area contributed by atoms with Crippen molar-refractivity contribution in [1.82, 2.24) is 0 Å². The average molecular weight is 206 g/mol. The zero-order chi connectivity index (χ0) is 11.1. The summed E-state index contributed by atoms with van der Waals surface area (Å²) >= 11 is 0. The Morgan fingerprint density at radius 3 is 2.67 bits per heavy atom. The van der Waals surface area contributed by atoms with Crippen LogP contribution in [0.1, 0.15) is 59.3 Å². The van der Waals surface area contributed by atoms with Gasteiger partial charge in [0, 0.05) is 0 Å². The number of hydrogen-bond donors (Lipinski definition) is 0. The Balaban J connectivity index is 1.92. The van der Waals surface area contributed by atoms with E-state index in [1.165, 1.54) is 38.5 Å². The Hall–Kier alpha value is -0.260. The molecule has 3 atom stereocenters. The van der Waals surface area contributed by atoms with E-state index in [0.717, 1.165) is 17.8 Å². The molecule has 86 valence electrons. The van der Waals surface area contributed by atoms with E-state index in [2.05, 4.69) is 27.4 Å². The topological polar surface area (TPSA) is 0 Å². The lowest BCUT2D eigenvalue weighted by molar-refractivity contribution is 0.228. The van der Waals surface area contributed by atoms with Crippen LogP contribution in [0.4, 0.5) is 0 Å². The molecule has 0 saturated heterocycles. The third-order valence-corrected chi connectivity index (χ3v) is 5.04. The molecule has 2 bridgehead atoms. The molecule has 0 radical (unpaired) electrons. The summed E-state index contributed by atoms with van der Waals surface area (Å²) in [5.41, 5.74) is 2.11. The predicted octanol–water partition coefficient (Wildman–Crippen LogP) is 4.81. The van der Waals surface area contributed by atoms with Gasteiger partial charge in [0.25, 0.3) is 0 Å². The van der Waals surface area contributed by atoms with Crippen molar-refractivity contribution in [3.8, 4) is 0 Å². The second kappa shape index (κ2) is 3.96. The van der Waals surface area contributed by atoms with Gasteiger partial charge < -0.3 is 0 Å². The molecular formula is C15H26. The van der Waals surface area contributed by atoms with Gasteiger partial charge in [-0.1, -0.05) is 45.8 Å². The van der Waals surface area contributed by atoms with Crippen LogP contribution in [0.3, 0.4) is 0 Å². The molecule has 0 amide bonds. The number of rotatable bonds is 4. The summed E-state index contributed by atoms with van der Waals surface area (Å²) in [4.78, 5) is 0. The van der Waals surface area contributed by atoms with E-state index in [9.17, 15) is 0 Å². The third-order valence-electron chi connectivity index (χ3n) is 5.04. The Labute approximate surface area is 95.1 Å². The van der Waals surface area contributed by atoms with Gasteiger partial charge in [0.05, 0.1) is 0 Å². The minimum Gasteiger partial charge on any atom is -0.0990 e. The smallest absolute Gasteiger partial charge is 0.00878 e. The summed E-state index contributed by atoms with van der Waals surface area (Å²) < 4.78 is 0. The first-order valence-corrected chi connectivity index (χ1v) is 6.73. The summed E-state index contributed by atoms with van der Waals surface area (Å²) in [7, 11) is 0. The summed E-state index contributed by atoms with van der Waals surface area (Å²) in [5, 5.41) is 0. The molecule has 2 fully saturated rings. The maximum absolute atomic E-state index is 4.39. The monoisotopic (exact) mass is 206 g/mol. The van der Waals surface area contributed by atoms with Crippen LogP contribution in [0.2, 0.25) is 0 Å². The Morgan fingerprint density at radius 2 is 2.13 bits per heavy atom. The van der Waals surface area contributed by atoms with Gasteiger partial charge in [0.1, 0.15) is 0 Å². The van der Waals surface area contributed by atoms with Crippen LogP contribution in [-0.2, 0) is 0 Å². The molecule has 0 aromatic carbocycles. The Kier molecular flexibility index (Phi) is 2.96. The SMILES string of the molecule is C=C1C2CCC(C2)C1(C)CCCC(C)C. The highest BCUT2D eigenvalue weighted by atomic mass is 14.5. The van der Waals surface area contributed by atoms with E-state index in [1.807, 2.05) is 0 Å². The van der Waals surface area contributed by atoms with Crippen LogP contribution in [0.5, 0.6) is 0 Å². The third kappa shape index (κ3) is 1.88. The fourth-order valence-electron chi connectivity index (χ4n) is 3.85. The van der Waals surface area contributed by atoms with Gasteiger partial charge in [-0.05, 0) is 48.9 Å². The maximum atomic E-state index is 4.39. The molecule has 0 N–H and O–H groups in total. The molecule has 0 nitrogen and oxygen atoms in total. The number of allylic oxidation sites excluding steroid dienone is 1. The van der Waals surface area contributed by atoms with Crippen molar-refractivity contribution in [3.05, 3.63) is 12.2 Å². The second-order valence-corrected chi connectivity index (χ2v) is 6.44. The number of fused-ring (bicyclic) bond motifs is 2. The highest BCUT2D eigenvalue weighted by Crippen LogP contribution is 2.60. The Bertz CT molecular complexity index is 251. The van der Waals surface area contributed by atoms with Crippen molar-refractivity contribution < 1.29 is 0 Å². The lowest BCUT2D eigenvalue weighted by Crippen LogP contribution is -2.26. The molecule has 2 aliphatic carbocycles. The maximum Gasteiger partial charge on any atom is -0.00878 e. The number of hydrogen-bond acceptors (Lipinski definition) is 0. The van der Waals surface area contributed by atoms with Crippen LogP contribution < -0.4 is 0 Å². The molecule has 0 aromatic heterocycles. The predicted molar refractivity (Wildman–Crippen MR) is 66.8 cm³/mol. The normalized spacial score (nSPS) is 39.3. The van der Waals surface area contributed by atoms with Gasteiger partial charge in [0.2, 0.25) is 0 Å². The van der Waals surface area contributed by atoms with E-state index in [-0.39, 0.29) is 0 Å². The van der Waals surface area contributed by atoms with E-state index in [1.54, 1.807) is 5.57 Å². The van der Waals surface area contributed by atoms with Crippen molar-refractivity contribution in [1.29, 1.82) is 0 Å². The first-order valence-electron chi connectivity index (χ1n) is 6.73. The molecule has 0 heteroatoms. The van der Waals surface area contributed by atoms with Crippen molar-refractivity contribution in [2.24, 2.45) is 23.2 Å². The van der Waals surface area contributed by atoms with Gasteiger partial charge in [-0.2, -0.15) is 0 Å². The minimum absolute atomic E-state index is 0.512. The molecule has 0 heterocycles. The van der Waals surface area contributed by atoms with Gasteiger partial charge in [0.15, 0.2) is 0 Å². The summed E-state index contributed by atoms with van der Waals surface area (Å²) in [6.07, 6.45) is 8.55. The molecule has 15 heavy (non-hydrogen) atoms. The van der Waals surface area contributed by atoms with Gasteiger partial charge in [-0.3, -0.25) is 0 Å². The lowest BCUT2D eigenvalue weighted by atomic mass is 9.69. The molecule has 2 aliphatic rings. The lowest BCUT2D eigenvalue weighted by Gasteiger charge is -2.36. The fraction of sp³-hybridized carbons (Fsp3) is 0.867. The largest absolute Gasteiger partial charge is 0.0990 e. The minimum atomic E-state index is 0.512. The van der Waals surface area contributed by atoms with Crippen LogP contribution in [0.25, 0.3) is 0 Å². The van der Waals surface area contributed by atoms with Crippen LogP contribution in [0, 0.1) is 23.2 Å². The van der Waals surface area contributed by atoms with Crippen molar-refractivity contribution in [2.75, 3.05) is 0 Å². The molecule has 3 unspecified atom stereocenters. The zero-order valence-electron chi connectivity index (χ0n) is 10.7. The van der Waals surface area contributed by atoms with Gasteiger partial charge >= 0.3 is 0 Å². The Morgan fingerprint density at radius 1 is 1.40 bits per heavy atom. The van der Waals surface area contributed by atoms with E-state index in [0.29, 0.717) is 5.41 Å². The molecule has 0 aliphatic heterocycles. The quantitative estimate of drug-likeness (QED) is 0.579. The average Bonchev–Trinajstić information content (AvgIpc) is 2.70. The van der Waals surface area contributed by atoms with E-state index in [4.69, 9.17) is 0 Å². The molecule has 2 saturated carbocycles. The van der Waals surface area contributed by atoms with Crippen LogP contribution >= 0.6 is 0 Å². The molecular weight excluding hydrogens is 180 g/mol. The highest BCUT2D eigenvalue weighted by molar-refractivity contribution is 5.24. The van der Waals surface area contributed by atoms with Crippen molar-refractivity contribution >= 4 is 0 Å². The first kappa shape index (κ1) is 11.2. The van der Waals surface area contributed by atoms with Crippen LogP contribution in [-0.4, -0.2) is 0 Å². The second-order valence-electron chi connectivity index (χ2n) is 6.44. The fourth-order valence-corrected chi connectivity index (χ4v) is 3.85. The van der Waals surface area contributed by atoms with Crippen LogP contribution in [0.15, 0.2) is 12.2 Å². The summed E-state index contributed by atoms with van der Waals surface area (Å²) in [6.45, 7) is 11.5. The molecule has 0 spiro atoms. The van der Waals surface area contributed by atoms with Crippen molar-refractivity contribution in [2.45, 2.75) is 59.3 Å². The van der Waals surface area contributed by atoms with E-state index >= 15 is 0 Å². The highest BCUT2D eigenvalue weighted by Gasteiger charge is 2.49. The van der Waals surface area contributed by atoms with Gasteiger partial charge in [-0.25, -0.2) is 0 Å². The molecule has 2 rings (SSSR count). The summed E-state index contributed by atoms with van der Waals surface area (Å²) in [5.74, 6) is 2.72. The standard InChI is InChI=1S/C15H26/c1-11(2)6-5-9-15(4)12(3)13-7-8-14(15)10-13/h11,13-14H,3,5-10H2,1-2,4H3. The first-order chi connectivity index (χ1) is 7.04. The zero-order valence-corrected chi connectivity index (χ0v) is 10.7. The van der Waals surface area contributed by atoms with E-state index < -0.39 is 0 Å². The molecule has 0 aromatic rings. The summed E-state index contributed by atoms with van der Waals surface area (Å²) in [6, 6.07) is 0. The van der Waals surface area contributed by atoms with Gasteiger partial charge in [-0.15, -0.1) is 0 Å². The van der Waals surface area contributed by atoms with Crippen molar-refractivity contribution in [3.63, 3.8) is 0 Å².